The van der Waals surface area contributed by atoms with Gasteiger partial charge in [0.15, 0.2) is 0 Å². The average molecular weight is 416 g/mol. The van der Waals surface area contributed by atoms with E-state index in [0.717, 1.165) is 12.1 Å². The van der Waals surface area contributed by atoms with Crippen LogP contribution in [-0.2, 0) is 10.0 Å². The fourth-order valence-electron chi connectivity index (χ4n) is 2.20. The molecule has 10 heteroatoms. The molecule has 0 aliphatic rings. The van der Waals surface area contributed by atoms with Crippen LogP contribution in [0.25, 0.3) is 0 Å². The van der Waals surface area contributed by atoms with E-state index in [2.05, 4.69) is 10.1 Å². The number of halogens is 3. The van der Waals surface area contributed by atoms with Gasteiger partial charge in [0, 0.05) is 30.4 Å². The van der Waals surface area contributed by atoms with Crippen LogP contribution in [0.1, 0.15) is 24.2 Å². The Morgan fingerprint density at radius 3 is 2.25 bits per heavy atom. The monoisotopic (exact) mass is 416 g/mol. The molecule has 28 heavy (non-hydrogen) atoms. The molecule has 1 amide bonds. The molecular formula is C18H19F3N2O4S. The maximum absolute atomic E-state index is 12.4. The first kappa shape index (κ1) is 21.7. The van der Waals surface area contributed by atoms with Crippen molar-refractivity contribution in [3.8, 4) is 5.75 Å². The van der Waals surface area contributed by atoms with E-state index >= 15 is 0 Å². The van der Waals surface area contributed by atoms with E-state index in [1.807, 2.05) is 0 Å². The number of anilines is 1. The lowest BCUT2D eigenvalue weighted by atomic mass is 10.2. The summed E-state index contributed by atoms with van der Waals surface area (Å²) >= 11 is 0. The summed E-state index contributed by atoms with van der Waals surface area (Å²) in [7, 11) is -2.23. The fraction of sp³-hybridized carbons (Fsp3) is 0.278. The minimum atomic E-state index is -4.84. The smallest absolute Gasteiger partial charge is 0.406 e. The molecule has 0 heterocycles. The molecule has 0 fully saturated rings. The summed E-state index contributed by atoms with van der Waals surface area (Å²) in [6.07, 6.45) is -4.84. The summed E-state index contributed by atoms with van der Waals surface area (Å²) in [5, 5.41) is 2.44. The van der Waals surface area contributed by atoms with E-state index in [1.165, 1.54) is 47.8 Å². The Morgan fingerprint density at radius 1 is 1.11 bits per heavy atom. The van der Waals surface area contributed by atoms with Gasteiger partial charge in [0.2, 0.25) is 10.0 Å². The molecule has 0 saturated heterocycles. The summed E-state index contributed by atoms with van der Waals surface area (Å²) in [5.74, 6) is -1.08. The van der Waals surface area contributed by atoms with Crippen LogP contribution in [0.3, 0.4) is 0 Å². The molecule has 1 N–H and O–H groups in total. The molecule has 0 radical (unpaired) electrons. The number of ether oxygens (including phenoxy) is 1. The van der Waals surface area contributed by atoms with Crippen molar-refractivity contribution in [2.75, 3.05) is 12.4 Å². The van der Waals surface area contributed by atoms with Crippen LogP contribution in [0.4, 0.5) is 18.9 Å². The quantitative estimate of drug-likeness (QED) is 0.776. The topological polar surface area (TPSA) is 75.7 Å². The van der Waals surface area contributed by atoms with Crippen molar-refractivity contribution in [3.63, 3.8) is 0 Å². The number of benzene rings is 2. The Kier molecular flexibility index (Phi) is 6.35. The number of rotatable bonds is 6. The van der Waals surface area contributed by atoms with Gasteiger partial charge < -0.3 is 10.1 Å². The molecule has 0 atom stereocenters. The molecule has 2 aromatic rings. The maximum atomic E-state index is 12.4. The first-order chi connectivity index (χ1) is 12.9. The van der Waals surface area contributed by atoms with E-state index < -0.39 is 28.0 Å². The number of hydrogen-bond acceptors (Lipinski definition) is 4. The Hall–Kier alpha value is -2.59. The lowest BCUT2D eigenvalue weighted by Crippen LogP contribution is -2.33. The zero-order chi connectivity index (χ0) is 21.1. The van der Waals surface area contributed by atoms with Crippen LogP contribution in [0.2, 0.25) is 0 Å². The predicted molar refractivity (Wildman–Crippen MR) is 97.6 cm³/mol. The minimum absolute atomic E-state index is 0.0285. The number of nitrogens with one attached hydrogen (secondary N) is 1. The third-order valence-electron chi connectivity index (χ3n) is 3.85. The molecule has 2 rings (SSSR count). The number of sulfonamides is 1. The van der Waals surface area contributed by atoms with Gasteiger partial charge >= 0.3 is 6.36 Å². The summed E-state index contributed by atoms with van der Waals surface area (Å²) in [5.41, 5.74) is 0.247. The zero-order valence-electron chi connectivity index (χ0n) is 15.3. The second kappa shape index (κ2) is 8.19. The third kappa shape index (κ3) is 5.46. The highest BCUT2D eigenvalue weighted by molar-refractivity contribution is 7.89. The molecular weight excluding hydrogens is 397 g/mol. The maximum Gasteiger partial charge on any atom is 0.573 e. The van der Waals surface area contributed by atoms with Gasteiger partial charge in [-0.2, -0.15) is 4.31 Å². The minimum Gasteiger partial charge on any atom is -0.406 e. The Labute approximate surface area is 161 Å². The van der Waals surface area contributed by atoms with Crippen molar-refractivity contribution < 1.29 is 31.1 Å². The second-order valence-corrected chi connectivity index (χ2v) is 8.17. The SMILES string of the molecule is CC(C)N(C)S(=O)(=O)c1ccc(C(=O)Nc2cccc(OC(F)(F)F)c2)cc1. The molecule has 152 valence electrons. The summed E-state index contributed by atoms with van der Waals surface area (Å²) in [6.45, 7) is 3.46. The molecule has 0 aliphatic heterocycles. The highest BCUT2D eigenvalue weighted by Gasteiger charge is 2.31. The second-order valence-electron chi connectivity index (χ2n) is 6.17. The molecule has 0 bridgehead atoms. The van der Waals surface area contributed by atoms with Crippen LogP contribution < -0.4 is 10.1 Å². The number of alkyl halides is 3. The number of amides is 1. The Bertz CT molecular complexity index is 942. The van der Waals surface area contributed by atoms with Gasteiger partial charge in [-0.15, -0.1) is 13.2 Å². The summed E-state index contributed by atoms with van der Waals surface area (Å²) in [6, 6.07) is 9.85. The number of hydrogen-bond donors (Lipinski definition) is 1. The average Bonchev–Trinajstić information content (AvgIpc) is 2.59. The normalized spacial score (nSPS) is 12.3. The zero-order valence-corrected chi connectivity index (χ0v) is 16.1. The van der Waals surface area contributed by atoms with E-state index in [9.17, 15) is 26.4 Å². The summed E-state index contributed by atoms with van der Waals surface area (Å²) in [4.78, 5) is 12.3. The highest BCUT2D eigenvalue weighted by Crippen LogP contribution is 2.25. The van der Waals surface area contributed by atoms with Crippen molar-refractivity contribution in [1.82, 2.24) is 4.31 Å². The molecule has 2 aromatic carbocycles. The standard InChI is InChI=1S/C18H19F3N2O4S/c1-12(2)23(3)28(25,26)16-9-7-13(8-10-16)17(24)22-14-5-4-6-15(11-14)27-18(19,20)21/h4-12H,1-3H3,(H,22,24). The van der Waals surface area contributed by atoms with Crippen LogP contribution in [0.15, 0.2) is 53.4 Å². The van der Waals surface area contributed by atoms with Gasteiger partial charge in [0.1, 0.15) is 5.75 Å². The fourth-order valence-corrected chi connectivity index (χ4v) is 3.56. The first-order valence-electron chi connectivity index (χ1n) is 8.15. The number of carbonyl (C=O) groups excluding carboxylic acids is 1. The highest BCUT2D eigenvalue weighted by atomic mass is 32.2. The predicted octanol–water partition coefficient (Wildman–Crippen LogP) is 3.87. The van der Waals surface area contributed by atoms with Crippen LogP contribution in [0.5, 0.6) is 5.75 Å². The van der Waals surface area contributed by atoms with E-state index in [0.29, 0.717) is 0 Å². The molecule has 0 saturated carbocycles. The number of carbonyl (C=O) groups is 1. The Morgan fingerprint density at radius 2 is 1.71 bits per heavy atom. The van der Waals surface area contributed by atoms with Gasteiger partial charge in [0.05, 0.1) is 4.90 Å². The van der Waals surface area contributed by atoms with E-state index in [4.69, 9.17) is 0 Å². The van der Waals surface area contributed by atoms with Crippen LogP contribution in [-0.4, -0.2) is 38.1 Å². The van der Waals surface area contributed by atoms with E-state index in [1.54, 1.807) is 13.8 Å². The van der Waals surface area contributed by atoms with Crippen molar-refractivity contribution in [2.24, 2.45) is 0 Å². The Balaban J connectivity index is 2.15. The van der Waals surface area contributed by atoms with Gasteiger partial charge in [-0.1, -0.05) is 6.07 Å². The third-order valence-corrected chi connectivity index (χ3v) is 5.89. The molecule has 0 spiro atoms. The summed E-state index contributed by atoms with van der Waals surface area (Å²) < 4.78 is 66.7. The van der Waals surface area contributed by atoms with Crippen molar-refractivity contribution >= 4 is 21.6 Å². The molecule has 0 aromatic heterocycles. The molecule has 0 unspecified atom stereocenters. The van der Waals surface area contributed by atoms with Gasteiger partial charge in [-0.3, -0.25) is 4.79 Å². The van der Waals surface area contributed by atoms with Crippen LogP contribution >= 0.6 is 0 Å². The largest absolute Gasteiger partial charge is 0.573 e. The lowest BCUT2D eigenvalue weighted by Gasteiger charge is -2.21. The number of nitrogens with zero attached hydrogens (tertiary/aromatic N) is 1. The van der Waals surface area contributed by atoms with Crippen molar-refractivity contribution in [3.05, 3.63) is 54.1 Å². The van der Waals surface area contributed by atoms with Gasteiger partial charge in [0.25, 0.3) is 5.91 Å². The van der Waals surface area contributed by atoms with Crippen molar-refractivity contribution in [2.45, 2.75) is 31.1 Å². The molecule has 0 aliphatic carbocycles. The van der Waals surface area contributed by atoms with Gasteiger partial charge in [-0.25, -0.2) is 8.42 Å². The van der Waals surface area contributed by atoms with Crippen molar-refractivity contribution in [1.29, 1.82) is 0 Å². The first-order valence-corrected chi connectivity index (χ1v) is 9.59. The van der Waals surface area contributed by atoms with E-state index in [-0.39, 0.29) is 22.2 Å². The van der Waals surface area contributed by atoms with Crippen LogP contribution in [0, 0.1) is 0 Å². The van der Waals surface area contributed by atoms with Gasteiger partial charge in [-0.05, 0) is 50.2 Å². The molecule has 6 nitrogen and oxygen atoms in total. The lowest BCUT2D eigenvalue weighted by molar-refractivity contribution is -0.274.